The monoisotopic (exact) mass is 311 g/mol. The Labute approximate surface area is 112 Å². The summed E-state index contributed by atoms with van der Waals surface area (Å²) >= 11 is 3.33. The van der Waals surface area contributed by atoms with Gasteiger partial charge in [0, 0.05) is 6.54 Å². The number of ether oxygens (including phenoxy) is 1. The predicted molar refractivity (Wildman–Crippen MR) is 70.4 cm³/mol. The molecular weight excluding hydrogens is 301 g/mol. The van der Waals surface area contributed by atoms with E-state index in [0.717, 1.165) is 6.54 Å². The zero-order valence-electron chi connectivity index (χ0n) is 9.65. The molecule has 0 saturated carbocycles. The van der Waals surface area contributed by atoms with Gasteiger partial charge in [0.25, 0.3) is 0 Å². The number of hydrogen-bond donors (Lipinski definition) is 1. The van der Waals surface area contributed by atoms with Crippen LogP contribution in [0.1, 0.15) is 6.92 Å². The molecule has 1 N–H and O–H groups in total. The van der Waals surface area contributed by atoms with Gasteiger partial charge in [-0.25, -0.2) is 14.4 Å². The van der Waals surface area contributed by atoms with E-state index in [2.05, 4.69) is 31.2 Å². The quantitative estimate of drug-likeness (QED) is 0.937. The van der Waals surface area contributed by atoms with E-state index < -0.39 is 5.82 Å². The summed E-state index contributed by atoms with van der Waals surface area (Å²) in [4.78, 5) is 8.02. The lowest BCUT2D eigenvalue weighted by Crippen LogP contribution is -2.02. The molecule has 1 aromatic carbocycles. The van der Waals surface area contributed by atoms with Gasteiger partial charge in [0.2, 0.25) is 5.88 Å². The minimum atomic E-state index is -0.437. The number of nitrogens with zero attached hydrogens (tertiary/aromatic N) is 2. The first-order valence-electron chi connectivity index (χ1n) is 5.39. The number of hydrogen-bond acceptors (Lipinski definition) is 4. The number of nitrogens with one attached hydrogen (secondary N) is 1. The molecule has 18 heavy (non-hydrogen) atoms. The van der Waals surface area contributed by atoms with Crippen molar-refractivity contribution in [3.05, 3.63) is 40.9 Å². The summed E-state index contributed by atoms with van der Waals surface area (Å²) in [6.07, 6.45) is 1.36. The zero-order chi connectivity index (χ0) is 13.0. The molecular formula is C12H11BrFN3O. The molecule has 2 aromatic rings. The minimum Gasteiger partial charge on any atom is -0.435 e. The molecule has 2 rings (SSSR count). The van der Waals surface area contributed by atoms with Crippen molar-refractivity contribution in [1.82, 2.24) is 9.97 Å². The van der Waals surface area contributed by atoms with Crippen molar-refractivity contribution in [2.75, 3.05) is 11.9 Å². The second kappa shape index (κ2) is 5.77. The summed E-state index contributed by atoms with van der Waals surface area (Å²) in [6.45, 7) is 2.67. The SMILES string of the molecule is CCNc1ncnc(Oc2ccccc2F)c1Br. The van der Waals surface area contributed by atoms with Crippen LogP contribution in [-0.4, -0.2) is 16.5 Å². The molecule has 0 fully saturated rings. The Hall–Kier alpha value is -1.69. The van der Waals surface area contributed by atoms with E-state index >= 15 is 0 Å². The number of aromatic nitrogens is 2. The molecule has 0 radical (unpaired) electrons. The highest BCUT2D eigenvalue weighted by Gasteiger charge is 2.12. The molecule has 0 aliphatic heterocycles. The van der Waals surface area contributed by atoms with E-state index in [-0.39, 0.29) is 11.6 Å². The first-order chi connectivity index (χ1) is 8.72. The molecule has 94 valence electrons. The summed E-state index contributed by atoms with van der Waals surface area (Å²) in [7, 11) is 0. The van der Waals surface area contributed by atoms with E-state index in [0.29, 0.717) is 10.3 Å². The molecule has 0 spiro atoms. The molecule has 0 aliphatic carbocycles. The topological polar surface area (TPSA) is 47.0 Å². The molecule has 4 nitrogen and oxygen atoms in total. The number of benzene rings is 1. The second-order valence-electron chi connectivity index (χ2n) is 3.40. The van der Waals surface area contributed by atoms with Crippen molar-refractivity contribution in [3.63, 3.8) is 0 Å². The van der Waals surface area contributed by atoms with Crippen molar-refractivity contribution in [1.29, 1.82) is 0 Å². The molecule has 1 heterocycles. The molecule has 6 heteroatoms. The van der Waals surface area contributed by atoms with Crippen LogP contribution in [0.5, 0.6) is 11.6 Å². The number of para-hydroxylation sites is 1. The van der Waals surface area contributed by atoms with Crippen molar-refractivity contribution in [3.8, 4) is 11.6 Å². The largest absolute Gasteiger partial charge is 0.435 e. The average Bonchev–Trinajstić information content (AvgIpc) is 2.37. The van der Waals surface area contributed by atoms with Gasteiger partial charge in [0.05, 0.1) is 0 Å². The van der Waals surface area contributed by atoms with Gasteiger partial charge in [-0.05, 0) is 35.0 Å². The van der Waals surface area contributed by atoms with Gasteiger partial charge < -0.3 is 10.1 Å². The normalized spacial score (nSPS) is 10.2. The zero-order valence-corrected chi connectivity index (χ0v) is 11.2. The van der Waals surface area contributed by atoms with Crippen molar-refractivity contribution in [2.45, 2.75) is 6.92 Å². The maximum Gasteiger partial charge on any atom is 0.239 e. The standard InChI is InChI=1S/C12H11BrFN3O/c1-2-15-11-10(13)12(17-7-16-11)18-9-6-4-3-5-8(9)14/h3-7H,2H2,1H3,(H,15,16,17). The Morgan fingerprint density at radius 2 is 2.11 bits per heavy atom. The van der Waals surface area contributed by atoms with Crippen LogP contribution in [-0.2, 0) is 0 Å². The molecule has 1 aromatic heterocycles. The van der Waals surface area contributed by atoms with Crippen molar-refractivity contribution < 1.29 is 9.13 Å². The van der Waals surface area contributed by atoms with Crippen molar-refractivity contribution >= 4 is 21.7 Å². The van der Waals surface area contributed by atoms with Gasteiger partial charge in [0.1, 0.15) is 16.6 Å². The minimum absolute atomic E-state index is 0.124. The smallest absolute Gasteiger partial charge is 0.239 e. The van der Waals surface area contributed by atoms with Gasteiger partial charge >= 0.3 is 0 Å². The molecule has 0 aliphatic rings. The summed E-state index contributed by atoms with van der Waals surface area (Å²) in [5, 5.41) is 3.04. The van der Waals surface area contributed by atoms with E-state index in [9.17, 15) is 4.39 Å². The van der Waals surface area contributed by atoms with Gasteiger partial charge in [-0.2, -0.15) is 0 Å². The highest BCUT2D eigenvalue weighted by atomic mass is 79.9. The average molecular weight is 312 g/mol. The van der Waals surface area contributed by atoms with Gasteiger partial charge in [-0.15, -0.1) is 0 Å². The fraction of sp³-hybridized carbons (Fsp3) is 0.167. The van der Waals surface area contributed by atoms with Crippen LogP contribution in [0.15, 0.2) is 35.1 Å². The van der Waals surface area contributed by atoms with Crippen LogP contribution in [0.4, 0.5) is 10.2 Å². The van der Waals surface area contributed by atoms with Gasteiger partial charge in [-0.1, -0.05) is 12.1 Å². The van der Waals surface area contributed by atoms with E-state index in [1.54, 1.807) is 12.1 Å². The molecule has 0 unspecified atom stereocenters. The highest BCUT2D eigenvalue weighted by molar-refractivity contribution is 9.10. The first kappa shape index (κ1) is 12.8. The number of rotatable bonds is 4. The molecule has 0 amide bonds. The second-order valence-corrected chi connectivity index (χ2v) is 4.20. The highest BCUT2D eigenvalue weighted by Crippen LogP contribution is 2.32. The number of anilines is 1. The van der Waals surface area contributed by atoms with Gasteiger partial charge in [0.15, 0.2) is 11.6 Å². The molecule has 0 bridgehead atoms. The van der Waals surface area contributed by atoms with E-state index in [1.807, 2.05) is 6.92 Å². The van der Waals surface area contributed by atoms with Crippen LogP contribution in [0.2, 0.25) is 0 Å². The fourth-order valence-electron chi connectivity index (χ4n) is 1.35. The Morgan fingerprint density at radius 1 is 1.33 bits per heavy atom. The van der Waals surface area contributed by atoms with E-state index in [4.69, 9.17) is 4.74 Å². The summed E-state index contributed by atoms with van der Waals surface area (Å²) in [5.41, 5.74) is 0. The van der Waals surface area contributed by atoms with Crippen molar-refractivity contribution in [2.24, 2.45) is 0 Å². The van der Waals surface area contributed by atoms with Crippen LogP contribution in [0.25, 0.3) is 0 Å². The Balaban J connectivity index is 2.30. The summed E-state index contributed by atoms with van der Waals surface area (Å²) < 4.78 is 19.4. The number of halogens is 2. The lowest BCUT2D eigenvalue weighted by atomic mass is 10.3. The lowest BCUT2D eigenvalue weighted by Gasteiger charge is -2.10. The van der Waals surface area contributed by atoms with Crippen LogP contribution < -0.4 is 10.1 Å². The Bertz CT molecular complexity index is 551. The summed E-state index contributed by atoms with van der Waals surface area (Å²) in [6, 6.07) is 6.16. The maximum atomic E-state index is 13.5. The first-order valence-corrected chi connectivity index (χ1v) is 6.18. The lowest BCUT2D eigenvalue weighted by molar-refractivity contribution is 0.424. The van der Waals surface area contributed by atoms with Crippen LogP contribution in [0, 0.1) is 5.82 Å². The Morgan fingerprint density at radius 3 is 2.83 bits per heavy atom. The predicted octanol–water partition coefficient (Wildman–Crippen LogP) is 3.60. The maximum absolute atomic E-state index is 13.5. The fourth-order valence-corrected chi connectivity index (χ4v) is 1.77. The van der Waals surface area contributed by atoms with Crippen LogP contribution in [0.3, 0.4) is 0 Å². The third kappa shape index (κ3) is 2.76. The van der Waals surface area contributed by atoms with E-state index in [1.165, 1.54) is 18.5 Å². The molecule has 0 atom stereocenters. The third-order valence-corrected chi connectivity index (χ3v) is 2.86. The summed E-state index contributed by atoms with van der Waals surface area (Å²) in [5.74, 6) is 0.567. The molecule has 0 saturated heterocycles. The Kier molecular flexibility index (Phi) is 4.09. The van der Waals surface area contributed by atoms with Gasteiger partial charge in [-0.3, -0.25) is 0 Å². The van der Waals surface area contributed by atoms with Crippen LogP contribution >= 0.6 is 15.9 Å². The third-order valence-electron chi connectivity index (χ3n) is 2.15.